The van der Waals surface area contributed by atoms with Crippen LogP contribution in [0.25, 0.3) is 0 Å². The quantitative estimate of drug-likeness (QED) is 0.330. The molecule has 5 atom stereocenters. The zero-order valence-corrected chi connectivity index (χ0v) is 18.5. The predicted molar refractivity (Wildman–Crippen MR) is 110 cm³/mol. The van der Waals surface area contributed by atoms with Crippen LogP contribution >= 0.6 is 0 Å². The standard InChI is InChI=1S/C23H36O6/c1-15-8-7-12-23(5)20(29-23)14-18(16(2)21(25)27-6)11-13-22(4,26)19(10-9-15)28-17(3)24/h8,18-20,26H,2,7,9-14H2,1,3-6H3. The maximum atomic E-state index is 12.1. The molecule has 6 nitrogen and oxygen atoms in total. The summed E-state index contributed by atoms with van der Waals surface area (Å²) in [5, 5.41) is 11.1. The van der Waals surface area contributed by atoms with E-state index in [0.29, 0.717) is 31.3 Å². The molecule has 1 heterocycles. The summed E-state index contributed by atoms with van der Waals surface area (Å²) >= 11 is 0. The third-order valence-electron chi connectivity index (χ3n) is 6.41. The molecular formula is C23H36O6. The zero-order chi connectivity index (χ0) is 21.8. The van der Waals surface area contributed by atoms with E-state index in [-0.39, 0.29) is 17.6 Å². The van der Waals surface area contributed by atoms with Gasteiger partial charge >= 0.3 is 11.9 Å². The second-order valence-corrected chi connectivity index (χ2v) is 8.99. The van der Waals surface area contributed by atoms with Gasteiger partial charge in [-0.15, -0.1) is 0 Å². The summed E-state index contributed by atoms with van der Waals surface area (Å²) < 4.78 is 16.3. The molecule has 0 aromatic carbocycles. The molecule has 1 saturated heterocycles. The number of ether oxygens (including phenoxy) is 3. The number of allylic oxidation sites excluding steroid dienone is 2. The van der Waals surface area contributed by atoms with Crippen LogP contribution in [-0.2, 0) is 23.8 Å². The molecule has 0 spiro atoms. The van der Waals surface area contributed by atoms with Crippen molar-refractivity contribution in [1.82, 2.24) is 0 Å². The van der Waals surface area contributed by atoms with Crippen LogP contribution in [0.2, 0.25) is 0 Å². The highest BCUT2D eigenvalue weighted by Gasteiger charge is 2.52. The summed E-state index contributed by atoms with van der Waals surface area (Å²) in [6.45, 7) is 11.2. The summed E-state index contributed by atoms with van der Waals surface area (Å²) in [5.41, 5.74) is 0.220. The summed E-state index contributed by atoms with van der Waals surface area (Å²) in [5.74, 6) is -1.01. The van der Waals surface area contributed by atoms with Crippen LogP contribution < -0.4 is 0 Å². The Hall–Kier alpha value is -1.66. The van der Waals surface area contributed by atoms with Crippen LogP contribution in [0.3, 0.4) is 0 Å². The number of fused-ring (bicyclic) bond motifs is 1. The first-order chi connectivity index (χ1) is 13.5. The van der Waals surface area contributed by atoms with E-state index < -0.39 is 23.6 Å². The first-order valence-corrected chi connectivity index (χ1v) is 10.5. The molecule has 0 bridgehead atoms. The molecule has 1 aliphatic carbocycles. The Morgan fingerprint density at radius 3 is 2.59 bits per heavy atom. The van der Waals surface area contributed by atoms with E-state index >= 15 is 0 Å². The third kappa shape index (κ3) is 6.41. The van der Waals surface area contributed by atoms with Crippen LogP contribution in [0.4, 0.5) is 0 Å². The number of esters is 2. The average molecular weight is 409 g/mol. The van der Waals surface area contributed by atoms with Crippen molar-refractivity contribution >= 4 is 11.9 Å². The number of rotatable bonds is 3. The van der Waals surface area contributed by atoms with Crippen molar-refractivity contribution in [2.75, 3.05) is 7.11 Å². The monoisotopic (exact) mass is 408 g/mol. The SMILES string of the molecule is C=C(C(=O)OC)C1CCC(C)(O)C(OC(C)=O)CCC(C)=CCCC2(C)OC2C1. The van der Waals surface area contributed by atoms with Crippen LogP contribution in [0.5, 0.6) is 0 Å². The van der Waals surface area contributed by atoms with Crippen LogP contribution in [0, 0.1) is 5.92 Å². The molecule has 2 rings (SSSR count). The van der Waals surface area contributed by atoms with E-state index in [1.807, 2.05) is 0 Å². The van der Waals surface area contributed by atoms with Gasteiger partial charge in [0.1, 0.15) is 6.10 Å². The summed E-state index contributed by atoms with van der Waals surface area (Å²) in [4.78, 5) is 23.7. The van der Waals surface area contributed by atoms with Gasteiger partial charge in [-0.2, -0.15) is 0 Å². The summed E-state index contributed by atoms with van der Waals surface area (Å²) in [6, 6.07) is 0. The van der Waals surface area contributed by atoms with Crippen molar-refractivity contribution in [2.24, 2.45) is 5.92 Å². The van der Waals surface area contributed by atoms with Crippen molar-refractivity contribution in [3.63, 3.8) is 0 Å². The third-order valence-corrected chi connectivity index (χ3v) is 6.41. The van der Waals surface area contributed by atoms with Gasteiger partial charge in [-0.25, -0.2) is 4.79 Å². The Labute approximate surface area is 174 Å². The average Bonchev–Trinajstić information content (AvgIpc) is 3.28. The lowest BCUT2D eigenvalue weighted by atomic mass is 9.81. The van der Waals surface area contributed by atoms with Crippen LogP contribution in [-0.4, -0.2) is 47.6 Å². The van der Waals surface area contributed by atoms with Gasteiger partial charge < -0.3 is 19.3 Å². The fraction of sp³-hybridized carbons (Fsp3) is 0.739. The highest BCUT2D eigenvalue weighted by molar-refractivity contribution is 5.88. The lowest BCUT2D eigenvalue weighted by Crippen LogP contribution is -2.42. The lowest BCUT2D eigenvalue weighted by molar-refractivity contribution is -0.163. The molecule has 1 aliphatic heterocycles. The van der Waals surface area contributed by atoms with Gasteiger partial charge in [-0.1, -0.05) is 18.2 Å². The molecule has 0 aromatic heterocycles. The van der Waals surface area contributed by atoms with Crippen molar-refractivity contribution in [1.29, 1.82) is 0 Å². The topological polar surface area (TPSA) is 85.4 Å². The van der Waals surface area contributed by atoms with E-state index in [2.05, 4.69) is 26.5 Å². The molecule has 164 valence electrons. The highest BCUT2D eigenvalue weighted by atomic mass is 16.6. The van der Waals surface area contributed by atoms with E-state index in [1.165, 1.54) is 19.6 Å². The largest absolute Gasteiger partial charge is 0.466 e. The summed E-state index contributed by atoms with van der Waals surface area (Å²) in [7, 11) is 1.34. The number of hydrogen-bond donors (Lipinski definition) is 1. The second kappa shape index (κ2) is 9.43. The molecule has 6 heteroatoms. The first kappa shape index (κ1) is 23.6. The van der Waals surface area contributed by atoms with E-state index in [1.54, 1.807) is 6.92 Å². The molecule has 0 radical (unpaired) electrons. The van der Waals surface area contributed by atoms with E-state index in [9.17, 15) is 14.7 Å². The minimum atomic E-state index is -1.21. The fourth-order valence-electron chi connectivity index (χ4n) is 4.19. The van der Waals surface area contributed by atoms with Crippen molar-refractivity contribution in [3.8, 4) is 0 Å². The molecule has 0 amide bonds. The number of aliphatic hydroxyl groups is 1. The first-order valence-electron chi connectivity index (χ1n) is 10.5. The Bertz CT molecular complexity index is 664. The van der Waals surface area contributed by atoms with Crippen LogP contribution in [0.1, 0.15) is 72.6 Å². The lowest BCUT2D eigenvalue weighted by Gasteiger charge is -2.34. The smallest absolute Gasteiger partial charge is 0.333 e. The van der Waals surface area contributed by atoms with Gasteiger partial charge in [-0.3, -0.25) is 4.79 Å². The maximum Gasteiger partial charge on any atom is 0.333 e. The Kier molecular flexibility index (Phi) is 7.68. The van der Waals surface area contributed by atoms with Crippen molar-refractivity contribution in [3.05, 3.63) is 23.8 Å². The molecule has 29 heavy (non-hydrogen) atoms. The van der Waals surface area contributed by atoms with E-state index in [0.717, 1.165) is 19.3 Å². The van der Waals surface area contributed by atoms with Crippen molar-refractivity contribution in [2.45, 2.75) is 96.1 Å². The molecule has 1 fully saturated rings. The molecule has 5 unspecified atom stereocenters. The fourth-order valence-corrected chi connectivity index (χ4v) is 4.19. The van der Waals surface area contributed by atoms with Gasteiger partial charge in [0.25, 0.3) is 0 Å². The number of hydrogen-bond acceptors (Lipinski definition) is 6. The number of carbonyl (C=O) groups excluding carboxylic acids is 2. The highest BCUT2D eigenvalue weighted by Crippen LogP contribution is 2.46. The van der Waals surface area contributed by atoms with Gasteiger partial charge in [0, 0.05) is 12.5 Å². The number of epoxide rings is 1. The molecule has 0 aromatic rings. The molecule has 0 saturated carbocycles. The minimum Gasteiger partial charge on any atom is -0.466 e. The molecular weight excluding hydrogens is 372 g/mol. The van der Waals surface area contributed by atoms with Gasteiger partial charge in [-0.05, 0) is 71.6 Å². The Morgan fingerprint density at radius 2 is 1.97 bits per heavy atom. The number of methoxy groups -OCH3 is 1. The normalized spacial score (nSPS) is 36.1. The van der Waals surface area contributed by atoms with Gasteiger partial charge in [0.2, 0.25) is 0 Å². The van der Waals surface area contributed by atoms with Crippen LogP contribution in [0.15, 0.2) is 23.8 Å². The predicted octanol–water partition coefficient (Wildman–Crippen LogP) is 3.86. The van der Waals surface area contributed by atoms with Gasteiger partial charge in [0.05, 0.1) is 24.4 Å². The summed E-state index contributed by atoms with van der Waals surface area (Å²) in [6.07, 6.45) is 6.30. The molecule has 2 aliphatic rings. The van der Waals surface area contributed by atoms with Gasteiger partial charge in [0.15, 0.2) is 0 Å². The number of carbonyl (C=O) groups is 2. The minimum absolute atomic E-state index is 0.0553. The second-order valence-electron chi connectivity index (χ2n) is 8.99. The van der Waals surface area contributed by atoms with Crippen molar-refractivity contribution < 1.29 is 28.9 Å². The van der Waals surface area contributed by atoms with E-state index in [4.69, 9.17) is 14.2 Å². The zero-order valence-electron chi connectivity index (χ0n) is 18.5. The maximum absolute atomic E-state index is 12.1. The Morgan fingerprint density at radius 1 is 1.28 bits per heavy atom. The molecule has 1 N–H and O–H groups in total. The Balaban J connectivity index is 2.25.